The van der Waals surface area contributed by atoms with E-state index >= 15 is 0 Å². The zero-order valence-corrected chi connectivity index (χ0v) is 8.65. The van der Waals surface area contributed by atoms with Crippen LogP contribution in [0, 0.1) is 0 Å². The first-order valence-corrected chi connectivity index (χ1v) is 5.08. The maximum atomic E-state index is 9.19. The van der Waals surface area contributed by atoms with Crippen LogP contribution in [0.2, 0.25) is 0 Å². The Bertz CT molecular complexity index is 339. The third kappa shape index (κ3) is 2.30. The Kier molecular flexibility index (Phi) is 2.92. The van der Waals surface area contributed by atoms with E-state index < -0.39 is 0 Å². The molecule has 0 spiro atoms. The predicted molar refractivity (Wildman–Crippen MR) is 59.5 cm³/mol. The second-order valence-electron chi connectivity index (χ2n) is 3.59. The van der Waals surface area contributed by atoms with E-state index in [4.69, 9.17) is 4.74 Å². The molecule has 80 valence electrons. The number of aromatic hydroxyl groups is 1. The van der Waals surface area contributed by atoms with Gasteiger partial charge in [0.15, 0.2) is 0 Å². The molecule has 3 nitrogen and oxygen atoms in total. The van der Waals surface area contributed by atoms with E-state index in [9.17, 15) is 5.11 Å². The highest BCUT2D eigenvalue weighted by molar-refractivity contribution is 5.62. The molecule has 2 rings (SSSR count). The minimum atomic E-state index is 0.286. The van der Waals surface area contributed by atoms with Crippen molar-refractivity contribution >= 4 is 5.70 Å². The highest BCUT2D eigenvalue weighted by atomic mass is 16.5. The van der Waals surface area contributed by atoms with Crippen LogP contribution in [0.15, 0.2) is 30.8 Å². The normalized spacial score (nSPS) is 16.4. The molecule has 0 aromatic heterocycles. The molecule has 0 unspecified atom stereocenters. The van der Waals surface area contributed by atoms with Crippen LogP contribution < -0.4 is 0 Å². The lowest BCUT2D eigenvalue weighted by atomic mass is 10.1. The van der Waals surface area contributed by atoms with Gasteiger partial charge in [-0.15, -0.1) is 0 Å². The third-order valence-corrected chi connectivity index (χ3v) is 2.59. The summed E-state index contributed by atoms with van der Waals surface area (Å²) < 4.78 is 5.28. The van der Waals surface area contributed by atoms with Crippen molar-refractivity contribution in [3.05, 3.63) is 36.4 Å². The van der Waals surface area contributed by atoms with Crippen molar-refractivity contribution in [2.75, 3.05) is 26.3 Å². The van der Waals surface area contributed by atoms with Crippen LogP contribution in [0.3, 0.4) is 0 Å². The van der Waals surface area contributed by atoms with E-state index in [1.54, 1.807) is 12.1 Å². The van der Waals surface area contributed by atoms with Crippen LogP contribution in [0.4, 0.5) is 0 Å². The molecule has 1 N–H and O–H groups in total. The molecule has 1 aliphatic heterocycles. The van der Waals surface area contributed by atoms with Crippen molar-refractivity contribution in [3.63, 3.8) is 0 Å². The maximum absolute atomic E-state index is 9.19. The van der Waals surface area contributed by atoms with Gasteiger partial charge in [0.25, 0.3) is 0 Å². The van der Waals surface area contributed by atoms with Crippen molar-refractivity contribution in [2.24, 2.45) is 0 Å². The Labute approximate surface area is 89.6 Å². The summed E-state index contributed by atoms with van der Waals surface area (Å²) in [5.74, 6) is 0.286. The van der Waals surface area contributed by atoms with Crippen LogP contribution in [0.25, 0.3) is 5.70 Å². The third-order valence-electron chi connectivity index (χ3n) is 2.59. The summed E-state index contributed by atoms with van der Waals surface area (Å²) in [4.78, 5) is 2.20. The number of hydrogen-bond acceptors (Lipinski definition) is 3. The van der Waals surface area contributed by atoms with E-state index in [1.807, 2.05) is 12.1 Å². The Morgan fingerprint density at radius 2 is 1.80 bits per heavy atom. The van der Waals surface area contributed by atoms with E-state index in [0.29, 0.717) is 0 Å². The second-order valence-corrected chi connectivity index (χ2v) is 3.59. The molecule has 1 aromatic rings. The fraction of sp³-hybridized carbons (Fsp3) is 0.333. The zero-order chi connectivity index (χ0) is 10.7. The van der Waals surface area contributed by atoms with Gasteiger partial charge in [-0.2, -0.15) is 0 Å². The molecule has 15 heavy (non-hydrogen) atoms. The topological polar surface area (TPSA) is 32.7 Å². The number of phenols is 1. The fourth-order valence-corrected chi connectivity index (χ4v) is 1.67. The van der Waals surface area contributed by atoms with Crippen LogP contribution in [0.5, 0.6) is 5.75 Å². The minimum absolute atomic E-state index is 0.286. The van der Waals surface area contributed by atoms with E-state index in [1.165, 1.54) is 0 Å². The zero-order valence-electron chi connectivity index (χ0n) is 8.65. The summed E-state index contributed by atoms with van der Waals surface area (Å²) in [6, 6.07) is 7.13. The number of benzene rings is 1. The van der Waals surface area contributed by atoms with Gasteiger partial charge < -0.3 is 14.7 Å². The van der Waals surface area contributed by atoms with Crippen LogP contribution in [-0.4, -0.2) is 36.3 Å². The van der Waals surface area contributed by atoms with Crippen LogP contribution >= 0.6 is 0 Å². The Morgan fingerprint density at radius 3 is 2.40 bits per heavy atom. The fourth-order valence-electron chi connectivity index (χ4n) is 1.67. The van der Waals surface area contributed by atoms with Gasteiger partial charge in [-0.1, -0.05) is 6.58 Å². The summed E-state index contributed by atoms with van der Waals surface area (Å²) in [5, 5.41) is 9.19. The Balaban J connectivity index is 2.09. The number of ether oxygens (including phenoxy) is 1. The van der Waals surface area contributed by atoms with E-state index in [-0.39, 0.29) is 5.75 Å². The first kappa shape index (κ1) is 10.1. The van der Waals surface area contributed by atoms with Gasteiger partial charge in [0, 0.05) is 18.8 Å². The lowest BCUT2D eigenvalue weighted by molar-refractivity contribution is 0.0641. The first-order valence-electron chi connectivity index (χ1n) is 5.08. The average molecular weight is 205 g/mol. The first-order chi connectivity index (χ1) is 7.27. The van der Waals surface area contributed by atoms with Gasteiger partial charge in [0.1, 0.15) is 5.75 Å². The quantitative estimate of drug-likeness (QED) is 0.797. The lowest BCUT2D eigenvalue weighted by Gasteiger charge is -2.30. The summed E-state index contributed by atoms with van der Waals surface area (Å²) in [5.41, 5.74) is 2.05. The number of rotatable bonds is 2. The van der Waals surface area contributed by atoms with Crippen molar-refractivity contribution in [2.45, 2.75) is 0 Å². The SMILES string of the molecule is C=C(c1ccc(O)cc1)N1CCOCC1. The van der Waals surface area contributed by atoms with Gasteiger partial charge in [-0.25, -0.2) is 0 Å². The highest BCUT2D eigenvalue weighted by Gasteiger charge is 2.13. The molecule has 1 fully saturated rings. The highest BCUT2D eigenvalue weighted by Crippen LogP contribution is 2.20. The molecule has 1 heterocycles. The summed E-state index contributed by atoms with van der Waals surface area (Å²) in [6.07, 6.45) is 0. The van der Waals surface area contributed by atoms with Gasteiger partial charge >= 0.3 is 0 Å². The molecule has 0 radical (unpaired) electrons. The smallest absolute Gasteiger partial charge is 0.115 e. The van der Waals surface area contributed by atoms with Crippen molar-refractivity contribution in [1.82, 2.24) is 4.90 Å². The van der Waals surface area contributed by atoms with Crippen molar-refractivity contribution in [3.8, 4) is 5.75 Å². The molecular formula is C12H15NO2. The molecule has 3 heteroatoms. The maximum Gasteiger partial charge on any atom is 0.115 e. The number of morpholine rings is 1. The van der Waals surface area contributed by atoms with Crippen LogP contribution in [-0.2, 0) is 4.74 Å². The number of hydrogen-bond donors (Lipinski definition) is 1. The second kappa shape index (κ2) is 4.36. The summed E-state index contributed by atoms with van der Waals surface area (Å²) in [6.45, 7) is 7.37. The molecule has 1 saturated heterocycles. The molecule has 1 aromatic carbocycles. The molecule has 0 atom stereocenters. The number of nitrogens with zero attached hydrogens (tertiary/aromatic N) is 1. The molecule has 0 amide bonds. The monoisotopic (exact) mass is 205 g/mol. The van der Waals surface area contributed by atoms with E-state index in [2.05, 4.69) is 11.5 Å². The van der Waals surface area contributed by atoms with Crippen molar-refractivity contribution in [1.29, 1.82) is 0 Å². The molecule has 1 aliphatic rings. The van der Waals surface area contributed by atoms with Gasteiger partial charge in [-0.3, -0.25) is 0 Å². The van der Waals surface area contributed by atoms with E-state index in [0.717, 1.165) is 37.6 Å². The minimum Gasteiger partial charge on any atom is -0.508 e. The molecule has 0 aliphatic carbocycles. The number of phenolic OH excluding ortho intramolecular Hbond substituents is 1. The van der Waals surface area contributed by atoms with Gasteiger partial charge in [0.2, 0.25) is 0 Å². The predicted octanol–water partition coefficient (Wildman–Crippen LogP) is 1.70. The lowest BCUT2D eigenvalue weighted by Crippen LogP contribution is -2.34. The van der Waals surface area contributed by atoms with Gasteiger partial charge in [-0.05, 0) is 29.8 Å². The average Bonchev–Trinajstić information content (AvgIpc) is 2.30. The summed E-state index contributed by atoms with van der Waals surface area (Å²) in [7, 11) is 0. The molecule has 0 bridgehead atoms. The summed E-state index contributed by atoms with van der Waals surface area (Å²) >= 11 is 0. The Hall–Kier alpha value is -1.48. The Morgan fingerprint density at radius 1 is 1.20 bits per heavy atom. The molecule has 0 saturated carbocycles. The standard InChI is InChI=1S/C12H15NO2/c1-10(13-6-8-15-9-7-13)11-2-4-12(14)5-3-11/h2-5,14H,1,6-9H2. The van der Waals surface area contributed by atoms with Gasteiger partial charge in [0.05, 0.1) is 13.2 Å². The van der Waals surface area contributed by atoms with Crippen LogP contribution in [0.1, 0.15) is 5.56 Å². The van der Waals surface area contributed by atoms with Crippen molar-refractivity contribution < 1.29 is 9.84 Å². The molecular weight excluding hydrogens is 190 g/mol. The largest absolute Gasteiger partial charge is 0.508 e.